The second-order valence-corrected chi connectivity index (χ2v) is 10.3. The van der Waals surface area contributed by atoms with Crippen LogP contribution in [0.1, 0.15) is 67.8 Å². The quantitative estimate of drug-likeness (QED) is 0.317. The number of benzene rings is 1. The molecule has 2 fully saturated rings. The molecule has 3 unspecified atom stereocenters. The molecule has 0 spiro atoms. The van der Waals surface area contributed by atoms with Crippen LogP contribution in [0.4, 0.5) is 0 Å². The molecule has 1 aromatic rings. The van der Waals surface area contributed by atoms with Crippen molar-refractivity contribution < 1.29 is 9.00 Å². The number of halogens is 1. The minimum Gasteiger partial charge on any atom is -0.354 e. The summed E-state index contributed by atoms with van der Waals surface area (Å²) in [7, 11) is 1.04. The Morgan fingerprint density at radius 3 is 2.68 bits per heavy atom. The molecular weight excluding hydrogens is 523 g/mol. The van der Waals surface area contributed by atoms with E-state index in [2.05, 4.69) is 15.6 Å². The van der Waals surface area contributed by atoms with E-state index < -0.39 is 10.8 Å². The Morgan fingerprint density at radius 1 is 1.19 bits per heavy atom. The molecule has 3 rings (SSSR count). The van der Waals surface area contributed by atoms with Crippen LogP contribution in [0.15, 0.2) is 29.3 Å². The van der Waals surface area contributed by atoms with Gasteiger partial charge in [-0.05, 0) is 56.2 Å². The average Bonchev–Trinajstić information content (AvgIpc) is 2.81. The Kier molecular flexibility index (Phi) is 11.3. The van der Waals surface area contributed by atoms with Crippen molar-refractivity contribution in [1.82, 2.24) is 15.5 Å². The van der Waals surface area contributed by atoms with E-state index in [1.165, 1.54) is 6.42 Å². The van der Waals surface area contributed by atoms with Gasteiger partial charge in [0, 0.05) is 60.1 Å². The van der Waals surface area contributed by atoms with Crippen LogP contribution in [0.25, 0.3) is 0 Å². The molecule has 2 N–H and O–H groups in total. The summed E-state index contributed by atoms with van der Waals surface area (Å²) >= 11 is 0. The van der Waals surface area contributed by atoms with Crippen molar-refractivity contribution in [3.8, 4) is 0 Å². The van der Waals surface area contributed by atoms with E-state index in [4.69, 9.17) is 0 Å². The second kappa shape index (κ2) is 13.4. The van der Waals surface area contributed by atoms with E-state index in [1.807, 2.05) is 36.1 Å². The standard InChI is InChI=1S/C23H36N4O2S.HI/c1-3-30(29)21-12-8-11-20(16-21)26-23(24-2)25-17-18-9-7-10-19(15-18)22(28)27-13-5-4-6-14-27;/h7,9-10,15,20-21H,3-6,8,11-14,16-17H2,1-2H3,(H2,24,25,26);1H. The molecule has 1 saturated heterocycles. The monoisotopic (exact) mass is 560 g/mol. The highest BCUT2D eigenvalue weighted by Gasteiger charge is 2.26. The minimum absolute atomic E-state index is 0. The van der Waals surface area contributed by atoms with E-state index in [1.54, 1.807) is 7.05 Å². The lowest BCUT2D eigenvalue weighted by molar-refractivity contribution is 0.0724. The molecule has 0 radical (unpaired) electrons. The summed E-state index contributed by atoms with van der Waals surface area (Å²) in [5.74, 6) is 1.63. The number of piperidine rings is 1. The van der Waals surface area contributed by atoms with Crippen LogP contribution in [0.2, 0.25) is 0 Å². The molecule has 1 aliphatic heterocycles. The van der Waals surface area contributed by atoms with Crippen LogP contribution < -0.4 is 10.6 Å². The fraction of sp³-hybridized carbons (Fsp3) is 0.652. The summed E-state index contributed by atoms with van der Waals surface area (Å²) in [6.07, 6.45) is 7.59. The molecule has 1 saturated carbocycles. The normalized spacial score (nSPS) is 22.9. The molecule has 1 heterocycles. The van der Waals surface area contributed by atoms with Crippen molar-refractivity contribution in [3.05, 3.63) is 35.4 Å². The Labute approximate surface area is 206 Å². The SMILES string of the molecule is CCS(=O)C1CCCC(NC(=NC)NCc2cccc(C(=O)N3CCCCC3)c2)C1.I. The highest BCUT2D eigenvalue weighted by molar-refractivity contribution is 14.0. The summed E-state index contributed by atoms with van der Waals surface area (Å²) in [6, 6.07) is 8.18. The lowest BCUT2D eigenvalue weighted by Gasteiger charge is -2.30. The van der Waals surface area contributed by atoms with E-state index in [0.29, 0.717) is 12.6 Å². The van der Waals surface area contributed by atoms with Gasteiger partial charge in [-0.15, -0.1) is 24.0 Å². The van der Waals surface area contributed by atoms with Gasteiger partial charge in [-0.3, -0.25) is 14.0 Å². The predicted molar refractivity (Wildman–Crippen MR) is 140 cm³/mol. The predicted octanol–water partition coefficient (Wildman–Crippen LogP) is 3.68. The van der Waals surface area contributed by atoms with E-state index in [0.717, 1.165) is 74.5 Å². The van der Waals surface area contributed by atoms with Gasteiger partial charge >= 0.3 is 0 Å². The maximum atomic E-state index is 12.8. The number of likely N-dealkylation sites (tertiary alicyclic amines) is 1. The lowest BCUT2D eigenvalue weighted by atomic mass is 9.95. The van der Waals surface area contributed by atoms with Crippen molar-refractivity contribution in [2.75, 3.05) is 25.9 Å². The van der Waals surface area contributed by atoms with Gasteiger partial charge in [0.1, 0.15) is 0 Å². The molecule has 31 heavy (non-hydrogen) atoms. The molecule has 0 aromatic heterocycles. The van der Waals surface area contributed by atoms with Crippen LogP contribution in [-0.2, 0) is 17.3 Å². The number of rotatable bonds is 6. The van der Waals surface area contributed by atoms with Crippen LogP contribution in [0.3, 0.4) is 0 Å². The first-order valence-electron chi connectivity index (χ1n) is 11.3. The third-order valence-corrected chi connectivity index (χ3v) is 7.86. The first kappa shape index (κ1) is 26.1. The number of carbonyl (C=O) groups is 1. The number of guanidine groups is 1. The molecule has 8 heteroatoms. The molecule has 6 nitrogen and oxygen atoms in total. The Morgan fingerprint density at radius 2 is 1.97 bits per heavy atom. The number of carbonyl (C=O) groups excluding carboxylic acids is 1. The largest absolute Gasteiger partial charge is 0.354 e. The molecule has 1 aliphatic carbocycles. The zero-order valence-corrected chi connectivity index (χ0v) is 21.9. The van der Waals surface area contributed by atoms with Gasteiger partial charge in [0.05, 0.1) is 0 Å². The fourth-order valence-corrected chi connectivity index (χ4v) is 5.77. The Balaban J connectivity index is 0.00000341. The van der Waals surface area contributed by atoms with Gasteiger partial charge < -0.3 is 15.5 Å². The first-order valence-corrected chi connectivity index (χ1v) is 12.7. The van der Waals surface area contributed by atoms with Crippen molar-refractivity contribution in [2.24, 2.45) is 4.99 Å². The number of nitrogens with zero attached hydrogens (tertiary/aromatic N) is 2. The van der Waals surface area contributed by atoms with Crippen molar-refractivity contribution >= 4 is 46.6 Å². The van der Waals surface area contributed by atoms with Gasteiger partial charge in [0.2, 0.25) is 0 Å². The summed E-state index contributed by atoms with van der Waals surface area (Å²) in [5, 5.41) is 7.17. The highest BCUT2D eigenvalue weighted by atomic mass is 127. The minimum atomic E-state index is -0.730. The van der Waals surface area contributed by atoms with E-state index in [9.17, 15) is 9.00 Å². The third-order valence-electron chi connectivity index (χ3n) is 6.12. The van der Waals surface area contributed by atoms with Crippen LogP contribution in [-0.4, -0.2) is 58.2 Å². The highest BCUT2D eigenvalue weighted by Crippen LogP contribution is 2.23. The van der Waals surface area contributed by atoms with Crippen molar-refractivity contribution in [3.63, 3.8) is 0 Å². The fourth-order valence-electron chi connectivity index (χ4n) is 4.42. The third kappa shape index (κ3) is 7.73. The Hall–Kier alpha value is -1.16. The van der Waals surface area contributed by atoms with Crippen LogP contribution in [0.5, 0.6) is 0 Å². The number of nitrogens with one attached hydrogen (secondary N) is 2. The lowest BCUT2D eigenvalue weighted by Crippen LogP contribution is -2.46. The molecule has 174 valence electrons. The molecule has 1 aromatic carbocycles. The van der Waals surface area contributed by atoms with E-state index in [-0.39, 0.29) is 35.1 Å². The van der Waals surface area contributed by atoms with Gasteiger partial charge in [-0.1, -0.05) is 25.5 Å². The number of hydrogen-bond donors (Lipinski definition) is 2. The van der Waals surface area contributed by atoms with Crippen molar-refractivity contribution in [1.29, 1.82) is 0 Å². The number of amides is 1. The van der Waals surface area contributed by atoms with Crippen molar-refractivity contribution in [2.45, 2.75) is 69.7 Å². The first-order chi connectivity index (χ1) is 14.6. The Bertz CT molecular complexity index is 768. The smallest absolute Gasteiger partial charge is 0.253 e. The summed E-state index contributed by atoms with van der Waals surface area (Å²) in [5.41, 5.74) is 1.82. The molecule has 1 amide bonds. The maximum absolute atomic E-state index is 12.8. The molecule has 0 bridgehead atoms. The van der Waals surface area contributed by atoms with E-state index >= 15 is 0 Å². The summed E-state index contributed by atoms with van der Waals surface area (Å²) in [4.78, 5) is 19.1. The number of aliphatic imine (C=N–C) groups is 1. The number of hydrogen-bond acceptors (Lipinski definition) is 3. The maximum Gasteiger partial charge on any atom is 0.253 e. The van der Waals surface area contributed by atoms with Gasteiger partial charge in [0.25, 0.3) is 5.91 Å². The van der Waals surface area contributed by atoms with Gasteiger partial charge in [0.15, 0.2) is 5.96 Å². The van der Waals surface area contributed by atoms with Crippen LogP contribution in [0, 0.1) is 0 Å². The summed E-state index contributed by atoms with van der Waals surface area (Å²) in [6.45, 7) is 4.34. The van der Waals surface area contributed by atoms with Gasteiger partial charge in [-0.25, -0.2) is 0 Å². The van der Waals surface area contributed by atoms with Crippen LogP contribution >= 0.6 is 24.0 Å². The topological polar surface area (TPSA) is 73.8 Å². The zero-order valence-electron chi connectivity index (χ0n) is 18.8. The average molecular weight is 561 g/mol. The van der Waals surface area contributed by atoms with Gasteiger partial charge in [-0.2, -0.15) is 0 Å². The second-order valence-electron chi connectivity index (χ2n) is 8.28. The summed E-state index contributed by atoms with van der Waals surface area (Å²) < 4.78 is 12.2. The zero-order chi connectivity index (χ0) is 21.3. The molecule has 3 atom stereocenters. The molecule has 2 aliphatic rings. The molecular formula is C23H37IN4O2S.